The number of hydrogen-bond donors (Lipinski definition) is 1. The third-order valence-corrected chi connectivity index (χ3v) is 5.10. The summed E-state index contributed by atoms with van der Waals surface area (Å²) in [5.74, 6) is -0.0750. The van der Waals surface area contributed by atoms with Crippen LogP contribution in [0.2, 0.25) is 0 Å². The molecule has 1 N–H and O–H groups in total. The van der Waals surface area contributed by atoms with Gasteiger partial charge in [0.1, 0.15) is 4.90 Å². The monoisotopic (exact) mass is 256 g/mol. The van der Waals surface area contributed by atoms with Gasteiger partial charge in [0, 0.05) is 25.5 Å². The quantitative estimate of drug-likeness (QED) is 0.835. The van der Waals surface area contributed by atoms with Crippen LogP contribution in [0.1, 0.15) is 13.8 Å². The van der Waals surface area contributed by atoms with Gasteiger partial charge >= 0.3 is 0 Å². The van der Waals surface area contributed by atoms with Gasteiger partial charge in [0.25, 0.3) is 0 Å². The number of aliphatic hydroxyl groups is 1. The van der Waals surface area contributed by atoms with Gasteiger partial charge in [-0.3, -0.25) is 4.98 Å². The Kier molecular flexibility index (Phi) is 2.97. The van der Waals surface area contributed by atoms with Crippen molar-refractivity contribution in [2.75, 3.05) is 13.1 Å². The van der Waals surface area contributed by atoms with Crippen molar-refractivity contribution in [3.05, 3.63) is 24.5 Å². The number of rotatable bonds is 2. The van der Waals surface area contributed by atoms with E-state index in [1.807, 2.05) is 6.92 Å². The van der Waals surface area contributed by atoms with E-state index < -0.39 is 15.6 Å². The Morgan fingerprint density at radius 1 is 1.59 bits per heavy atom. The van der Waals surface area contributed by atoms with Gasteiger partial charge in [-0.05, 0) is 25.0 Å². The first-order valence-electron chi connectivity index (χ1n) is 5.46. The Labute approximate surface area is 101 Å². The molecule has 0 radical (unpaired) electrons. The van der Waals surface area contributed by atoms with Crippen LogP contribution >= 0.6 is 0 Å². The third kappa shape index (κ3) is 2.20. The minimum absolute atomic E-state index is 0.0750. The third-order valence-electron chi connectivity index (χ3n) is 3.31. The Morgan fingerprint density at radius 3 is 2.76 bits per heavy atom. The van der Waals surface area contributed by atoms with Crippen molar-refractivity contribution < 1.29 is 13.5 Å². The van der Waals surface area contributed by atoms with Crippen LogP contribution in [0.15, 0.2) is 29.4 Å². The maximum atomic E-state index is 12.2. The SMILES string of the molecule is C[C@@H]1CN(S(=O)(=O)c2cccnc2)C[C@]1(C)O. The molecule has 1 aliphatic rings. The Balaban J connectivity index is 2.31. The van der Waals surface area contributed by atoms with Crippen LogP contribution in [0.3, 0.4) is 0 Å². The molecule has 1 fully saturated rings. The van der Waals surface area contributed by atoms with E-state index in [4.69, 9.17) is 0 Å². The van der Waals surface area contributed by atoms with Crippen molar-refractivity contribution in [2.45, 2.75) is 24.3 Å². The lowest BCUT2D eigenvalue weighted by Crippen LogP contribution is -2.35. The average Bonchev–Trinajstić information content (AvgIpc) is 2.55. The highest BCUT2D eigenvalue weighted by Gasteiger charge is 2.43. The second-order valence-corrected chi connectivity index (χ2v) is 6.68. The van der Waals surface area contributed by atoms with Crippen molar-refractivity contribution in [1.29, 1.82) is 0 Å². The predicted molar refractivity (Wildman–Crippen MR) is 62.8 cm³/mol. The van der Waals surface area contributed by atoms with E-state index in [0.29, 0.717) is 6.54 Å². The Hall–Kier alpha value is -0.980. The molecule has 0 aromatic carbocycles. The second-order valence-electron chi connectivity index (χ2n) is 4.74. The van der Waals surface area contributed by atoms with Crippen LogP contribution in [0.4, 0.5) is 0 Å². The van der Waals surface area contributed by atoms with E-state index in [-0.39, 0.29) is 17.4 Å². The maximum Gasteiger partial charge on any atom is 0.244 e. The van der Waals surface area contributed by atoms with Gasteiger partial charge in [-0.1, -0.05) is 6.92 Å². The van der Waals surface area contributed by atoms with Crippen LogP contribution in [0.5, 0.6) is 0 Å². The molecule has 2 atom stereocenters. The number of sulfonamides is 1. The summed E-state index contributed by atoms with van der Waals surface area (Å²) in [5, 5.41) is 10.0. The summed E-state index contributed by atoms with van der Waals surface area (Å²) in [6.45, 7) is 3.98. The summed E-state index contributed by atoms with van der Waals surface area (Å²) in [6, 6.07) is 3.10. The first kappa shape index (κ1) is 12.5. The molecule has 5 nitrogen and oxygen atoms in total. The Bertz CT molecular complexity index is 499. The topological polar surface area (TPSA) is 70.5 Å². The molecule has 1 aromatic rings. The predicted octanol–water partition coefficient (Wildman–Crippen LogP) is 0.473. The fourth-order valence-electron chi connectivity index (χ4n) is 1.91. The minimum Gasteiger partial charge on any atom is -0.388 e. The molecule has 2 heterocycles. The highest BCUT2D eigenvalue weighted by Crippen LogP contribution is 2.30. The van der Waals surface area contributed by atoms with E-state index in [1.165, 1.54) is 22.8 Å². The molecule has 0 spiro atoms. The van der Waals surface area contributed by atoms with E-state index in [0.717, 1.165) is 0 Å². The fraction of sp³-hybridized carbons (Fsp3) is 0.545. The van der Waals surface area contributed by atoms with Gasteiger partial charge in [0.2, 0.25) is 10.0 Å². The summed E-state index contributed by atoms with van der Waals surface area (Å²) >= 11 is 0. The van der Waals surface area contributed by atoms with Crippen LogP contribution < -0.4 is 0 Å². The largest absolute Gasteiger partial charge is 0.388 e. The zero-order valence-corrected chi connectivity index (χ0v) is 10.7. The highest BCUT2D eigenvalue weighted by atomic mass is 32.2. The normalized spacial score (nSPS) is 30.6. The number of pyridine rings is 1. The number of aromatic nitrogens is 1. The smallest absolute Gasteiger partial charge is 0.244 e. The van der Waals surface area contributed by atoms with E-state index in [2.05, 4.69) is 4.98 Å². The second kappa shape index (κ2) is 4.04. The molecular weight excluding hydrogens is 240 g/mol. The molecule has 1 aromatic heterocycles. The number of β-amino-alcohol motifs (C(OH)–C–C–N with tert-alkyl or cyclic N) is 1. The van der Waals surface area contributed by atoms with Crippen molar-refractivity contribution in [2.24, 2.45) is 5.92 Å². The summed E-state index contributed by atoms with van der Waals surface area (Å²) in [5.41, 5.74) is -0.963. The molecule has 94 valence electrons. The molecule has 1 saturated heterocycles. The van der Waals surface area contributed by atoms with Gasteiger partial charge in [-0.2, -0.15) is 4.31 Å². The fourth-order valence-corrected chi connectivity index (χ4v) is 3.51. The maximum absolute atomic E-state index is 12.2. The van der Waals surface area contributed by atoms with Crippen LogP contribution in [0.25, 0.3) is 0 Å². The lowest BCUT2D eigenvalue weighted by molar-refractivity contribution is 0.0404. The molecule has 17 heavy (non-hydrogen) atoms. The van der Waals surface area contributed by atoms with E-state index in [9.17, 15) is 13.5 Å². The molecule has 1 aliphatic heterocycles. The zero-order valence-electron chi connectivity index (χ0n) is 9.87. The standard InChI is InChI=1S/C11H16N2O3S/c1-9-7-13(8-11(9,2)14)17(15,16)10-4-3-5-12-6-10/h3-6,9,14H,7-8H2,1-2H3/t9-,11+/m1/s1. The molecular formula is C11H16N2O3S. The Morgan fingerprint density at radius 2 is 2.29 bits per heavy atom. The van der Waals surface area contributed by atoms with E-state index in [1.54, 1.807) is 13.0 Å². The number of hydrogen-bond acceptors (Lipinski definition) is 4. The minimum atomic E-state index is -3.53. The van der Waals surface area contributed by atoms with Gasteiger partial charge in [0.05, 0.1) is 5.60 Å². The van der Waals surface area contributed by atoms with Crippen LogP contribution in [-0.2, 0) is 10.0 Å². The molecule has 0 amide bonds. The van der Waals surface area contributed by atoms with Crippen molar-refractivity contribution >= 4 is 10.0 Å². The first-order valence-corrected chi connectivity index (χ1v) is 6.90. The van der Waals surface area contributed by atoms with Crippen LogP contribution in [0, 0.1) is 5.92 Å². The zero-order chi connectivity index (χ0) is 12.7. The van der Waals surface area contributed by atoms with Crippen LogP contribution in [-0.4, -0.2) is 41.5 Å². The van der Waals surface area contributed by atoms with Crippen molar-refractivity contribution in [3.8, 4) is 0 Å². The summed E-state index contributed by atoms with van der Waals surface area (Å²) in [6.07, 6.45) is 2.86. The number of nitrogens with zero attached hydrogens (tertiary/aromatic N) is 2. The molecule has 0 bridgehead atoms. The summed E-state index contributed by atoms with van der Waals surface area (Å²) in [7, 11) is -3.53. The van der Waals surface area contributed by atoms with Gasteiger partial charge in [-0.15, -0.1) is 0 Å². The molecule has 0 unspecified atom stereocenters. The summed E-state index contributed by atoms with van der Waals surface area (Å²) in [4.78, 5) is 3.98. The van der Waals surface area contributed by atoms with Crippen molar-refractivity contribution in [3.63, 3.8) is 0 Å². The van der Waals surface area contributed by atoms with E-state index >= 15 is 0 Å². The summed E-state index contributed by atoms with van der Waals surface area (Å²) < 4.78 is 25.8. The molecule has 6 heteroatoms. The molecule has 2 rings (SSSR count). The van der Waals surface area contributed by atoms with Crippen molar-refractivity contribution in [1.82, 2.24) is 9.29 Å². The molecule has 0 aliphatic carbocycles. The lowest BCUT2D eigenvalue weighted by atomic mass is 9.95. The van der Waals surface area contributed by atoms with Gasteiger partial charge in [-0.25, -0.2) is 8.42 Å². The molecule has 0 saturated carbocycles. The lowest BCUT2D eigenvalue weighted by Gasteiger charge is -2.20. The average molecular weight is 256 g/mol. The highest BCUT2D eigenvalue weighted by molar-refractivity contribution is 7.89. The first-order chi connectivity index (χ1) is 7.84. The van der Waals surface area contributed by atoms with Gasteiger partial charge in [0.15, 0.2) is 0 Å². The van der Waals surface area contributed by atoms with Gasteiger partial charge < -0.3 is 5.11 Å².